The number of hydrogen-bond acceptors (Lipinski definition) is 8. The first kappa shape index (κ1) is 22.1. The molecule has 8 nitrogen and oxygen atoms in total. The normalized spacial score (nSPS) is 14.1. The smallest absolute Gasteiger partial charge is 0.303 e. The molecule has 2 rings (SSSR count). The van der Waals surface area contributed by atoms with E-state index in [4.69, 9.17) is 4.74 Å². The Kier molecular flexibility index (Phi) is 6.63. The summed E-state index contributed by atoms with van der Waals surface area (Å²) in [6, 6.07) is 5.85. The molecule has 1 N–H and O–H groups in total. The van der Waals surface area contributed by atoms with Gasteiger partial charge in [0.1, 0.15) is 11.4 Å². The zero-order chi connectivity index (χ0) is 21.1. The monoisotopic (exact) mass is 444 g/mol. The average Bonchev–Trinajstić information content (AvgIpc) is 3.02. The minimum absolute atomic E-state index is 0.0673. The average molecular weight is 445 g/mol. The number of thiazole rings is 1. The molecular formula is C17H20N2O6S3. The lowest BCUT2D eigenvalue weighted by Gasteiger charge is -2.17. The number of rotatable bonds is 8. The van der Waals surface area contributed by atoms with Gasteiger partial charge in [-0.2, -0.15) is 0 Å². The van der Waals surface area contributed by atoms with Crippen LogP contribution >= 0.6 is 11.3 Å². The number of aromatic nitrogens is 1. The summed E-state index contributed by atoms with van der Waals surface area (Å²) >= 11 is 1.02. The molecule has 0 amide bonds. The zero-order valence-electron chi connectivity index (χ0n) is 15.4. The summed E-state index contributed by atoms with van der Waals surface area (Å²) in [6.45, 7) is 6.43. The van der Waals surface area contributed by atoms with Crippen LogP contribution in [0.3, 0.4) is 0 Å². The molecule has 0 aliphatic rings. The molecular weight excluding hydrogens is 424 g/mol. The molecule has 0 fully saturated rings. The standard InChI is InChI=1S/C17H20N2O6S3/c1-5-15(13-8-6-7-9-16(13)27(4,21)22)28(23,24)19-17-18-14(10-26-17)11(2)25-12(3)20/h5-11,15H,1H2,2-4H3,(H,18,19). The summed E-state index contributed by atoms with van der Waals surface area (Å²) in [6.07, 6.45) is 1.53. The number of carbonyl (C=O) groups excluding carboxylic acids is 1. The number of hydrogen-bond donors (Lipinski definition) is 1. The quantitative estimate of drug-likeness (QED) is 0.491. The van der Waals surface area contributed by atoms with Gasteiger partial charge in [-0.1, -0.05) is 24.3 Å². The van der Waals surface area contributed by atoms with Crippen LogP contribution in [0.5, 0.6) is 0 Å². The maximum absolute atomic E-state index is 12.9. The van der Waals surface area contributed by atoms with Gasteiger partial charge in [0, 0.05) is 18.6 Å². The molecule has 0 saturated heterocycles. The molecule has 2 atom stereocenters. The summed E-state index contributed by atoms with van der Waals surface area (Å²) in [5, 5.41) is 0.327. The van der Waals surface area contributed by atoms with E-state index < -0.39 is 37.2 Å². The second-order valence-corrected chi connectivity index (χ2v) is 10.6. The van der Waals surface area contributed by atoms with Crippen molar-refractivity contribution in [3.63, 3.8) is 0 Å². The van der Waals surface area contributed by atoms with Crippen LogP contribution in [-0.2, 0) is 29.4 Å². The summed E-state index contributed by atoms with van der Waals surface area (Å²) in [4.78, 5) is 15.1. The van der Waals surface area contributed by atoms with E-state index in [0.717, 1.165) is 23.7 Å². The topological polar surface area (TPSA) is 120 Å². The lowest BCUT2D eigenvalue weighted by atomic mass is 10.1. The Morgan fingerprint density at radius 3 is 2.50 bits per heavy atom. The highest BCUT2D eigenvalue weighted by Gasteiger charge is 2.30. The Hall–Kier alpha value is -2.24. The predicted octanol–water partition coefficient (Wildman–Crippen LogP) is 2.84. The number of benzene rings is 1. The van der Waals surface area contributed by atoms with E-state index in [0.29, 0.717) is 5.69 Å². The van der Waals surface area contributed by atoms with E-state index in [1.807, 2.05) is 0 Å². The Morgan fingerprint density at radius 2 is 1.93 bits per heavy atom. The first-order valence-corrected chi connectivity index (χ1v) is 12.3. The van der Waals surface area contributed by atoms with Crippen LogP contribution < -0.4 is 4.72 Å². The summed E-state index contributed by atoms with van der Waals surface area (Å²) in [7, 11) is -7.73. The van der Waals surface area contributed by atoms with Gasteiger partial charge in [0.25, 0.3) is 0 Å². The Balaban J connectivity index is 2.35. The highest BCUT2D eigenvalue weighted by atomic mass is 32.2. The lowest BCUT2D eigenvalue weighted by molar-refractivity contribution is -0.145. The van der Waals surface area contributed by atoms with Crippen LogP contribution in [0.1, 0.15) is 36.5 Å². The van der Waals surface area contributed by atoms with Gasteiger partial charge in [0.05, 0.1) is 10.6 Å². The van der Waals surface area contributed by atoms with Crippen molar-refractivity contribution in [2.45, 2.75) is 30.1 Å². The molecule has 0 aliphatic heterocycles. The molecule has 0 saturated carbocycles. The van der Waals surface area contributed by atoms with Crippen molar-refractivity contribution >= 4 is 42.3 Å². The molecule has 0 radical (unpaired) electrons. The van der Waals surface area contributed by atoms with Crippen molar-refractivity contribution in [1.82, 2.24) is 4.98 Å². The van der Waals surface area contributed by atoms with Crippen molar-refractivity contribution in [2.24, 2.45) is 0 Å². The van der Waals surface area contributed by atoms with Crippen molar-refractivity contribution in [3.05, 3.63) is 53.6 Å². The molecule has 1 aromatic heterocycles. The van der Waals surface area contributed by atoms with Gasteiger partial charge < -0.3 is 4.74 Å². The third-order valence-corrected chi connectivity index (χ3v) is 7.35. The second kappa shape index (κ2) is 8.41. The Morgan fingerprint density at radius 1 is 1.29 bits per heavy atom. The minimum atomic E-state index is -4.09. The van der Waals surface area contributed by atoms with E-state index in [2.05, 4.69) is 16.3 Å². The highest BCUT2D eigenvalue weighted by Crippen LogP contribution is 2.32. The first-order valence-electron chi connectivity index (χ1n) is 8.01. The Labute approximate surface area is 168 Å². The fourth-order valence-corrected chi connectivity index (χ4v) is 5.90. The van der Waals surface area contributed by atoms with Crippen LogP contribution in [0.2, 0.25) is 0 Å². The van der Waals surface area contributed by atoms with E-state index in [1.54, 1.807) is 18.4 Å². The largest absolute Gasteiger partial charge is 0.456 e. The number of carbonyl (C=O) groups is 1. The number of esters is 1. The number of nitrogens with zero attached hydrogens (tertiary/aromatic N) is 1. The molecule has 1 heterocycles. The van der Waals surface area contributed by atoms with Crippen molar-refractivity contribution in [3.8, 4) is 0 Å². The molecule has 2 aromatic rings. The van der Waals surface area contributed by atoms with Gasteiger partial charge in [-0.05, 0) is 18.6 Å². The Bertz CT molecular complexity index is 1090. The maximum Gasteiger partial charge on any atom is 0.303 e. The third kappa shape index (κ3) is 5.18. The minimum Gasteiger partial charge on any atom is -0.456 e. The number of anilines is 1. The van der Waals surface area contributed by atoms with Crippen LogP contribution in [-0.4, -0.2) is 34.0 Å². The molecule has 152 valence electrons. The number of sulfone groups is 1. The van der Waals surface area contributed by atoms with Crippen LogP contribution in [0.4, 0.5) is 5.13 Å². The van der Waals surface area contributed by atoms with E-state index in [1.165, 1.54) is 25.1 Å². The molecule has 1 aromatic carbocycles. The van der Waals surface area contributed by atoms with Gasteiger partial charge in [0.15, 0.2) is 15.0 Å². The van der Waals surface area contributed by atoms with Gasteiger partial charge in [-0.15, -0.1) is 17.9 Å². The molecule has 0 spiro atoms. The maximum atomic E-state index is 12.9. The molecule has 0 bridgehead atoms. The van der Waals surface area contributed by atoms with Gasteiger partial charge >= 0.3 is 5.97 Å². The number of sulfonamides is 1. The lowest BCUT2D eigenvalue weighted by Crippen LogP contribution is -2.21. The summed E-state index contributed by atoms with van der Waals surface area (Å²) < 4.78 is 57.2. The van der Waals surface area contributed by atoms with Crippen molar-refractivity contribution < 1.29 is 26.4 Å². The predicted molar refractivity (Wildman–Crippen MR) is 107 cm³/mol. The fraction of sp³-hybridized carbons (Fsp3) is 0.294. The van der Waals surface area contributed by atoms with Crippen LogP contribution in [0.15, 0.2) is 47.2 Å². The van der Waals surface area contributed by atoms with Gasteiger partial charge in [-0.25, -0.2) is 21.8 Å². The van der Waals surface area contributed by atoms with Crippen LogP contribution in [0, 0.1) is 0 Å². The molecule has 28 heavy (non-hydrogen) atoms. The van der Waals surface area contributed by atoms with Crippen LogP contribution in [0.25, 0.3) is 0 Å². The van der Waals surface area contributed by atoms with Crippen molar-refractivity contribution in [2.75, 3.05) is 11.0 Å². The highest BCUT2D eigenvalue weighted by molar-refractivity contribution is 7.93. The molecule has 11 heteroatoms. The SMILES string of the molecule is C=CC(c1ccccc1S(C)(=O)=O)S(=O)(=O)Nc1nc(C(C)OC(C)=O)cs1. The summed E-state index contributed by atoms with van der Waals surface area (Å²) in [5.74, 6) is -0.480. The molecule has 0 aliphatic carbocycles. The third-order valence-electron chi connectivity index (χ3n) is 3.68. The summed E-state index contributed by atoms with van der Waals surface area (Å²) in [5.41, 5.74) is 0.488. The zero-order valence-corrected chi connectivity index (χ0v) is 17.9. The van der Waals surface area contributed by atoms with Gasteiger partial charge in [-0.3, -0.25) is 9.52 Å². The van der Waals surface area contributed by atoms with Crippen molar-refractivity contribution in [1.29, 1.82) is 0 Å². The van der Waals surface area contributed by atoms with Gasteiger partial charge in [0.2, 0.25) is 10.0 Å². The number of nitrogens with one attached hydrogen (secondary N) is 1. The number of ether oxygens (including phenoxy) is 1. The van der Waals surface area contributed by atoms with E-state index in [9.17, 15) is 21.6 Å². The molecule has 2 unspecified atom stereocenters. The second-order valence-electron chi connectivity index (χ2n) is 5.94. The van der Waals surface area contributed by atoms with E-state index in [-0.39, 0.29) is 15.6 Å². The van der Waals surface area contributed by atoms with E-state index >= 15 is 0 Å². The first-order chi connectivity index (χ1) is 13.0. The fourth-order valence-electron chi connectivity index (χ4n) is 2.49.